The van der Waals surface area contributed by atoms with E-state index in [1.807, 2.05) is 6.92 Å². The lowest BCUT2D eigenvalue weighted by Crippen LogP contribution is -2.12. The monoisotopic (exact) mass is 389 g/mol. The summed E-state index contributed by atoms with van der Waals surface area (Å²) in [4.78, 5) is 12.6. The molecule has 3 rings (SSSR count). The summed E-state index contributed by atoms with van der Waals surface area (Å²) in [7, 11) is 0. The first kappa shape index (κ1) is 18.4. The van der Waals surface area contributed by atoms with E-state index in [2.05, 4.69) is 5.32 Å². The quantitative estimate of drug-likeness (QED) is 0.563. The minimum atomic E-state index is -0.255. The van der Waals surface area contributed by atoms with Crippen molar-refractivity contribution < 1.29 is 13.9 Å². The van der Waals surface area contributed by atoms with Crippen LogP contribution in [0.2, 0.25) is 10.0 Å². The maximum absolute atomic E-state index is 12.6. The Balaban J connectivity index is 1.80. The van der Waals surface area contributed by atoms with Crippen molar-refractivity contribution in [3.05, 3.63) is 69.9 Å². The van der Waals surface area contributed by atoms with Crippen LogP contribution in [0.1, 0.15) is 23.0 Å². The van der Waals surface area contributed by atoms with Crippen LogP contribution in [-0.2, 0) is 0 Å². The number of furan rings is 1. The smallest absolute Gasteiger partial charge is 0.259 e. The van der Waals surface area contributed by atoms with Gasteiger partial charge < -0.3 is 14.5 Å². The lowest BCUT2D eigenvalue weighted by molar-refractivity contribution is 0.102. The summed E-state index contributed by atoms with van der Waals surface area (Å²) >= 11 is 12.1. The van der Waals surface area contributed by atoms with E-state index >= 15 is 0 Å². The summed E-state index contributed by atoms with van der Waals surface area (Å²) in [5.41, 5.74) is 1.84. The Bertz CT molecular complexity index is 912. The van der Waals surface area contributed by atoms with Gasteiger partial charge in [-0.1, -0.05) is 23.2 Å². The molecule has 0 bridgehead atoms. The molecule has 0 radical (unpaired) electrons. The van der Waals surface area contributed by atoms with Crippen molar-refractivity contribution in [2.24, 2.45) is 0 Å². The Morgan fingerprint density at radius 3 is 2.35 bits per heavy atom. The average Bonchev–Trinajstić information content (AvgIpc) is 2.98. The van der Waals surface area contributed by atoms with Crippen molar-refractivity contribution in [1.29, 1.82) is 0 Å². The maximum Gasteiger partial charge on any atom is 0.259 e. The minimum Gasteiger partial charge on any atom is -0.494 e. The van der Waals surface area contributed by atoms with Crippen molar-refractivity contribution in [2.45, 2.75) is 13.8 Å². The van der Waals surface area contributed by atoms with Crippen molar-refractivity contribution in [3.8, 4) is 17.1 Å². The van der Waals surface area contributed by atoms with E-state index in [9.17, 15) is 4.79 Å². The van der Waals surface area contributed by atoms with Crippen LogP contribution in [0.3, 0.4) is 0 Å². The summed E-state index contributed by atoms with van der Waals surface area (Å²) in [6, 6.07) is 14.0. The van der Waals surface area contributed by atoms with Crippen molar-refractivity contribution in [3.63, 3.8) is 0 Å². The van der Waals surface area contributed by atoms with E-state index in [0.29, 0.717) is 45.0 Å². The first-order valence-electron chi connectivity index (χ1n) is 8.07. The van der Waals surface area contributed by atoms with Crippen LogP contribution in [-0.4, -0.2) is 12.5 Å². The predicted octanol–water partition coefficient (Wildman–Crippen LogP) is 6.21. The summed E-state index contributed by atoms with van der Waals surface area (Å²) in [5.74, 6) is 1.54. The number of aryl methyl sites for hydroxylation is 1. The summed E-state index contributed by atoms with van der Waals surface area (Å²) in [6.07, 6.45) is 0. The highest BCUT2D eigenvalue weighted by molar-refractivity contribution is 6.35. The van der Waals surface area contributed by atoms with E-state index in [4.69, 9.17) is 32.4 Å². The number of rotatable bonds is 5. The molecule has 4 nitrogen and oxygen atoms in total. The standard InChI is InChI=1S/C20H17Cl2NO3/c1-3-25-17-6-4-16(5-7-17)23-20(24)18-11-19(26-12(18)2)13-8-14(21)10-15(22)9-13/h4-11H,3H2,1-2H3,(H,23,24). The fourth-order valence-electron chi connectivity index (χ4n) is 2.55. The van der Waals surface area contributed by atoms with Gasteiger partial charge in [0.25, 0.3) is 5.91 Å². The van der Waals surface area contributed by atoms with E-state index in [1.54, 1.807) is 55.5 Å². The first-order valence-corrected chi connectivity index (χ1v) is 8.83. The van der Waals surface area contributed by atoms with Crippen LogP contribution in [0.15, 0.2) is 52.9 Å². The van der Waals surface area contributed by atoms with E-state index in [0.717, 1.165) is 5.75 Å². The lowest BCUT2D eigenvalue weighted by atomic mass is 10.1. The number of halogens is 2. The second kappa shape index (κ2) is 7.85. The molecule has 1 N–H and O–H groups in total. The molecule has 1 amide bonds. The Hall–Kier alpha value is -2.43. The summed E-state index contributed by atoms with van der Waals surface area (Å²) in [5, 5.41) is 3.85. The highest BCUT2D eigenvalue weighted by Gasteiger charge is 2.17. The molecule has 0 saturated carbocycles. The zero-order valence-corrected chi connectivity index (χ0v) is 15.8. The Kier molecular flexibility index (Phi) is 5.55. The van der Waals surface area contributed by atoms with Gasteiger partial charge >= 0.3 is 0 Å². The number of benzene rings is 2. The summed E-state index contributed by atoms with van der Waals surface area (Å²) < 4.78 is 11.1. The zero-order valence-electron chi connectivity index (χ0n) is 14.3. The third-order valence-corrected chi connectivity index (χ3v) is 4.17. The van der Waals surface area contributed by atoms with Gasteiger partial charge in [0.15, 0.2) is 0 Å². The molecule has 0 atom stereocenters. The molecule has 0 fully saturated rings. The molecular weight excluding hydrogens is 373 g/mol. The van der Waals surface area contributed by atoms with Crippen LogP contribution in [0.25, 0.3) is 11.3 Å². The van der Waals surface area contributed by atoms with E-state index in [1.165, 1.54) is 0 Å². The molecular formula is C20H17Cl2NO3. The molecule has 1 heterocycles. The molecule has 26 heavy (non-hydrogen) atoms. The van der Waals surface area contributed by atoms with Gasteiger partial charge in [-0.15, -0.1) is 0 Å². The lowest BCUT2D eigenvalue weighted by Gasteiger charge is -2.06. The largest absolute Gasteiger partial charge is 0.494 e. The number of nitrogens with one attached hydrogen (secondary N) is 1. The maximum atomic E-state index is 12.6. The first-order chi connectivity index (χ1) is 12.5. The number of ether oxygens (including phenoxy) is 1. The van der Waals surface area contributed by atoms with Gasteiger partial charge in [0.05, 0.1) is 12.2 Å². The molecule has 0 unspecified atom stereocenters. The summed E-state index contributed by atoms with van der Waals surface area (Å²) in [6.45, 7) is 4.25. The number of carbonyl (C=O) groups excluding carboxylic acids is 1. The van der Waals surface area contributed by atoms with Crippen molar-refractivity contribution in [2.75, 3.05) is 11.9 Å². The topological polar surface area (TPSA) is 51.5 Å². The second-order valence-electron chi connectivity index (χ2n) is 5.65. The number of hydrogen-bond donors (Lipinski definition) is 1. The fraction of sp³-hybridized carbons (Fsp3) is 0.150. The Morgan fingerprint density at radius 1 is 1.08 bits per heavy atom. The zero-order chi connectivity index (χ0) is 18.7. The highest BCUT2D eigenvalue weighted by atomic mass is 35.5. The number of hydrogen-bond acceptors (Lipinski definition) is 3. The predicted molar refractivity (Wildman–Crippen MR) is 104 cm³/mol. The SMILES string of the molecule is CCOc1ccc(NC(=O)c2cc(-c3cc(Cl)cc(Cl)c3)oc2C)cc1. The number of carbonyl (C=O) groups is 1. The molecule has 134 valence electrons. The number of anilines is 1. The molecule has 0 aliphatic carbocycles. The molecule has 1 aromatic heterocycles. The molecule has 3 aromatic rings. The van der Waals surface area contributed by atoms with Crippen LogP contribution in [0, 0.1) is 6.92 Å². The second-order valence-corrected chi connectivity index (χ2v) is 6.52. The van der Waals surface area contributed by atoms with Gasteiger partial charge in [0.2, 0.25) is 0 Å². The van der Waals surface area contributed by atoms with Gasteiger partial charge in [-0.25, -0.2) is 0 Å². The third kappa shape index (κ3) is 4.21. The highest BCUT2D eigenvalue weighted by Crippen LogP contribution is 2.30. The van der Waals surface area contributed by atoms with Gasteiger partial charge in [-0.2, -0.15) is 0 Å². The third-order valence-electron chi connectivity index (χ3n) is 3.73. The van der Waals surface area contributed by atoms with Gasteiger partial charge in [-0.05, 0) is 62.4 Å². The molecule has 2 aromatic carbocycles. The molecule has 6 heteroatoms. The fourth-order valence-corrected chi connectivity index (χ4v) is 3.07. The molecule has 0 saturated heterocycles. The van der Waals surface area contributed by atoms with E-state index < -0.39 is 0 Å². The van der Waals surface area contributed by atoms with Gasteiger partial charge in [0, 0.05) is 21.3 Å². The van der Waals surface area contributed by atoms with Crippen LogP contribution < -0.4 is 10.1 Å². The van der Waals surface area contributed by atoms with Crippen molar-refractivity contribution >= 4 is 34.8 Å². The van der Waals surface area contributed by atoms with E-state index in [-0.39, 0.29) is 5.91 Å². The number of amides is 1. The average molecular weight is 390 g/mol. The van der Waals surface area contributed by atoms with Crippen LogP contribution in [0.5, 0.6) is 5.75 Å². The molecule has 0 aliphatic rings. The van der Waals surface area contributed by atoms with Crippen molar-refractivity contribution in [1.82, 2.24) is 0 Å². The normalized spacial score (nSPS) is 10.6. The van der Waals surface area contributed by atoms with Crippen LogP contribution >= 0.6 is 23.2 Å². The van der Waals surface area contributed by atoms with Gasteiger partial charge in [-0.3, -0.25) is 4.79 Å². The molecule has 0 spiro atoms. The van der Waals surface area contributed by atoms with Gasteiger partial charge in [0.1, 0.15) is 17.3 Å². The Labute approximate surface area is 161 Å². The van der Waals surface area contributed by atoms with Crippen LogP contribution in [0.4, 0.5) is 5.69 Å². The minimum absolute atomic E-state index is 0.255. The Morgan fingerprint density at radius 2 is 1.73 bits per heavy atom. The molecule has 0 aliphatic heterocycles.